The Morgan fingerprint density at radius 1 is 0.714 bits per heavy atom. The van der Waals surface area contributed by atoms with Crippen LogP contribution in [0, 0.1) is 0 Å². The molecule has 8 heteroatoms. The number of alkyl halides is 6. The highest BCUT2D eigenvalue weighted by molar-refractivity contribution is 5.66. The second-order valence-electron chi connectivity index (χ2n) is 4.23. The third-order valence-corrected chi connectivity index (χ3v) is 2.64. The minimum Gasteiger partial charge on any atom is -0.508 e. The van der Waals surface area contributed by atoms with Crippen LogP contribution in [0.5, 0.6) is 5.75 Å². The van der Waals surface area contributed by atoms with Gasteiger partial charge in [-0.05, 0) is 29.8 Å². The average Bonchev–Trinajstić information content (AvgIpc) is 2.36. The summed E-state index contributed by atoms with van der Waals surface area (Å²) in [4.78, 5) is 3.37. The van der Waals surface area contributed by atoms with Crippen LogP contribution in [0.1, 0.15) is 11.1 Å². The lowest BCUT2D eigenvalue weighted by atomic mass is 10.0. The van der Waals surface area contributed by atoms with E-state index in [2.05, 4.69) is 4.98 Å². The first-order valence-electron chi connectivity index (χ1n) is 5.51. The van der Waals surface area contributed by atoms with Gasteiger partial charge in [-0.25, -0.2) is 0 Å². The van der Waals surface area contributed by atoms with Gasteiger partial charge in [-0.15, -0.1) is 0 Å². The highest BCUT2D eigenvalue weighted by atomic mass is 19.4. The molecule has 0 bridgehead atoms. The second-order valence-corrected chi connectivity index (χ2v) is 4.23. The Morgan fingerprint density at radius 2 is 1.29 bits per heavy atom. The number of rotatable bonds is 1. The van der Waals surface area contributed by atoms with Crippen LogP contribution in [0.25, 0.3) is 11.1 Å². The number of halogens is 6. The predicted octanol–water partition coefficient (Wildman–Crippen LogP) is 4.49. The molecule has 1 aromatic carbocycles. The van der Waals surface area contributed by atoms with Crippen molar-refractivity contribution in [3.8, 4) is 16.9 Å². The van der Waals surface area contributed by atoms with E-state index in [1.807, 2.05) is 0 Å². The molecule has 1 heterocycles. The molecule has 1 N–H and O–H groups in total. The Hall–Kier alpha value is -2.25. The van der Waals surface area contributed by atoms with Crippen molar-refractivity contribution in [3.63, 3.8) is 0 Å². The maximum atomic E-state index is 12.6. The van der Waals surface area contributed by atoms with Crippen LogP contribution in [-0.2, 0) is 12.4 Å². The van der Waals surface area contributed by atoms with E-state index in [1.165, 1.54) is 0 Å². The Kier molecular flexibility index (Phi) is 3.56. The summed E-state index contributed by atoms with van der Waals surface area (Å²) in [6, 6.07) is 2.75. The highest BCUT2D eigenvalue weighted by Gasteiger charge is 2.33. The summed E-state index contributed by atoms with van der Waals surface area (Å²) in [5.74, 6) is -0.697. The highest BCUT2D eigenvalue weighted by Crippen LogP contribution is 2.36. The molecule has 0 aliphatic carbocycles. The van der Waals surface area contributed by atoms with Gasteiger partial charge in [0.1, 0.15) is 5.75 Å². The van der Waals surface area contributed by atoms with Crippen molar-refractivity contribution in [3.05, 3.63) is 47.8 Å². The molecule has 0 amide bonds. The summed E-state index contributed by atoms with van der Waals surface area (Å²) >= 11 is 0. The second kappa shape index (κ2) is 4.94. The summed E-state index contributed by atoms with van der Waals surface area (Å²) in [5.41, 5.74) is -2.63. The molecule has 1 aromatic heterocycles. The minimum atomic E-state index is -4.72. The fraction of sp³-hybridized carbons (Fsp3) is 0.154. The maximum absolute atomic E-state index is 12.6. The van der Waals surface area contributed by atoms with Crippen molar-refractivity contribution in [2.75, 3.05) is 0 Å². The van der Waals surface area contributed by atoms with Crippen LogP contribution in [0.3, 0.4) is 0 Å². The van der Waals surface area contributed by atoms with E-state index < -0.39 is 29.2 Å². The Morgan fingerprint density at radius 3 is 1.86 bits per heavy atom. The van der Waals surface area contributed by atoms with E-state index in [4.69, 9.17) is 0 Å². The number of aromatic hydroxyl groups is 1. The molecule has 0 fully saturated rings. The van der Waals surface area contributed by atoms with Crippen LogP contribution in [0.15, 0.2) is 36.7 Å². The zero-order valence-corrected chi connectivity index (χ0v) is 10.1. The molecule has 2 nitrogen and oxygen atoms in total. The fourth-order valence-corrected chi connectivity index (χ4v) is 1.69. The predicted molar refractivity (Wildman–Crippen MR) is 61.3 cm³/mol. The molecule has 0 spiro atoms. The first-order chi connectivity index (χ1) is 9.57. The number of pyridine rings is 1. The average molecular weight is 307 g/mol. The van der Waals surface area contributed by atoms with Gasteiger partial charge in [0.05, 0.1) is 11.1 Å². The summed E-state index contributed by atoms with van der Waals surface area (Å²) in [5, 5.41) is 9.31. The molecule has 0 atom stereocenters. The quantitative estimate of drug-likeness (QED) is 0.787. The van der Waals surface area contributed by atoms with Gasteiger partial charge in [-0.2, -0.15) is 26.3 Å². The van der Waals surface area contributed by atoms with Crippen LogP contribution in [-0.4, -0.2) is 10.1 Å². The molecule has 2 rings (SSSR count). The van der Waals surface area contributed by atoms with Crippen LogP contribution >= 0.6 is 0 Å². The number of nitrogens with zero attached hydrogens (tertiary/aromatic N) is 1. The molecular formula is C13H7F6NO. The van der Waals surface area contributed by atoms with Crippen LogP contribution in [0.2, 0.25) is 0 Å². The molecule has 0 aliphatic rings. The van der Waals surface area contributed by atoms with E-state index in [1.54, 1.807) is 0 Å². The van der Waals surface area contributed by atoms with Crippen molar-refractivity contribution in [1.29, 1.82) is 0 Å². The van der Waals surface area contributed by atoms with Crippen molar-refractivity contribution >= 4 is 0 Å². The number of benzene rings is 1. The molecule has 0 saturated carbocycles. The van der Waals surface area contributed by atoms with Gasteiger partial charge in [0.2, 0.25) is 0 Å². The summed E-state index contributed by atoms with van der Waals surface area (Å²) < 4.78 is 75.6. The molecule has 112 valence electrons. The lowest BCUT2D eigenvalue weighted by Crippen LogP contribution is -2.06. The third-order valence-electron chi connectivity index (χ3n) is 2.64. The topological polar surface area (TPSA) is 33.1 Å². The summed E-state index contributed by atoms with van der Waals surface area (Å²) in [6.45, 7) is 0. The van der Waals surface area contributed by atoms with Gasteiger partial charge in [-0.1, -0.05) is 0 Å². The number of phenols is 1. The lowest BCUT2D eigenvalue weighted by Gasteiger charge is -2.11. The van der Waals surface area contributed by atoms with Crippen molar-refractivity contribution in [2.45, 2.75) is 12.4 Å². The van der Waals surface area contributed by atoms with E-state index in [-0.39, 0.29) is 11.1 Å². The third kappa shape index (κ3) is 3.45. The number of hydrogen-bond donors (Lipinski definition) is 1. The molecule has 0 radical (unpaired) electrons. The van der Waals surface area contributed by atoms with Gasteiger partial charge in [-0.3, -0.25) is 4.98 Å². The number of hydrogen-bond acceptors (Lipinski definition) is 2. The largest absolute Gasteiger partial charge is 0.508 e. The normalized spacial score (nSPS) is 12.5. The molecule has 21 heavy (non-hydrogen) atoms. The van der Waals surface area contributed by atoms with Crippen LogP contribution in [0.4, 0.5) is 26.3 Å². The minimum absolute atomic E-state index is 0.175. The molecule has 0 saturated heterocycles. The smallest absolute Gasteiger partial charge is 0.417 e. The zero-order chi connectivity index (χ0) is 15.8. The summed E-state index contributed by atoms with van der Waals surface area (Å²) in [6.07, 6.45) is -7.82. The number of aromatic nitrogens is 1. The number of phenolic OH excluding ortho intramolecular Hbond substituents is 1. The van der Waals surface area contributed by atoms with Crippen molar-refractivity contribution in [1.82, 2.24) is 4.98 Å². The van der Waals surface area contributed by atoms with Gasteiger partial charge < -0.3 is 5.11 Å². The molecular weight excluding hydrogens is 300 g/mol. The van der Waals surface area contributed by atoms with Crippen molar-refractivity contribution < 1.29 is 31.4 Å². The Bertz CT molecular complexity index is 662. The zero-order valence-electron chi connectivity index (χ0n) is 10.1. The van der Waals surface area contributed by atoms with Crippen molar-refractivity contribution in [2.24, 2.45) is 0 Å². The maximum Gasteiger partial charge on any atom is 0.417 e. The van der Waals surface area contributed by atoms with Gasteiger partial charge in [0, 0.05) is 18.0 Å². The van der Waals surface area contributed by atoms with Crippen LogP contribution < -0.4 is 0 Å². The van der Waals surface area contributed by atoms with E-state index in [9.17, 15) is 31.4 Å². The lowest BCUT2D eigenvalue weighted by molar-refractivity contribution is -0.138. The molecule has 0 aliphatic heterocycles. The monoisotopic (exact) mass is 307 g/mol. The van der Waals surface area contributed by atoms with E-state index in [0.29, 0.717) is 24.4 Å². The molecule has 2 aromatic rings. The van der Waals surface area contributed by atoms with E-state index in [0.717, 1.165) is 12.3 Å². The first kappa shape index (κ1) is 15.1. The van der Waals surface area contributed by atoms with E-state index >= 15 is 0 Å². The first-order valence-corrected chi connectivity index (χ1v) is 5.51. The van der Waals surface area contributed by atoms with Gasteiger partial charge in [0.15, 0.2) is 0 Å². The van der Waals surface area contributed by atoms with Gasteiger partial charge >= 0.3 is 12.4 Å². The SMILES string of the molecule is Oc1cc(-c2cncc(C(F)(F)F)c2)cc(C(F)(F)F)c1. The molecule has 0 unspecified atom stereocenters. The van der Waals surface area contributed by atoms with Gasteiger partial charge in [0.25, 0.3) is 0 Å². The standard InChI is InChI=1S/C13H7F6NO/c14-12(15,16)9-1-7(3-11(21)4-9)8-2-10(6-20-5-8)13(17,18)19/h1-6,21H. The fourth-order valence-electron chi connectivity index (χ4n) is 1.69. The Labute approximate surface area is 114 Å². The summed E-state index contributed by atoms with van der Waals surface area (Å²) in [7, 11) is 0. The Balaban J connectivity index is 2.55.